The molecule has 2 aliphatic carbocycles. The first-order chi connectivity index (χ1) is 18.1. The minimum atomic E-state index is -0.0510. The normalized spacial score (nSPS) is 20.3. The summed E-state index contributed by atoms with van der Waals surface area (Å²) in [4.78, 5) is 17.1. The fourth-order valence-electron chi connectivity index (χ4n) is 4.59. The molecule has 2 atom stereocenters. The van der Waals surface area contributed by atoms with E-state index in [2.05, 4.69) is 81.7 Å². The topological polar surface area (TPSA) is 74.1 Å². The van der Waals surface area contributed by atoms with Crippen molar-refractivity contribution in [3.63, 3.8) is 0 Å². The molecule has 1 fully saturated rings. The fraction of sp³-hybridized carbons (Fsp3) is 0.300. The largest absolute Gasteiger partial charge is 0.362 e. The van der Waals surface area contributed by atoms with Gasteiger partial charge in [-0.2, -0.15) is 5.10 Å². The van der Waals surface area contributed by atoms with Gasteiger partial charge in [0, 0.05) is 24.2 Å². The van der Waals surface area contributed by atoms with Gasteiger partial charge in [-0.25, -0.2) is 10.5 Å². The van der Waals surface area contributed by atoms with Gasteiger partial charge in [-0.3, -0.25) is 10.4 Å². The van der Waals surface area contributed by atoms with E-state index in [0.29, 0.717) is 11.8 Å². The van der Waals surface area contributed by atoms with Crippen LogP contribution in [-0.4, -0.2) is 28.0 Å². The van der Waals surface area contributed by atoms with Crippen molar-refractivity contribution in [3.05, 3.63) is 96.4 Å². The molecule has 1 aliphatic heterocycles. The second-order valence-electron chi connectivity index (χ2n) is 9.65. The summed E-state index contributed by atoms with van der Waals surface area (Å²) < 4.78 is 0. The number of aliphatic imine (C=N–C) groups is 1. The molecule has 2 aromatic rings. The van der Waals surface area contributed by atoms with Crippen molar-refractivity contribution < 1.29 is 4.84 Å². The quantitative estimate of drug-likeness (QED) is 0.227. The Morgan fingerprint density at radius 3 is 2.97 bits per heavy atom. The molecular weight excluding hydrogens is 460 g/mol. The highest BCUT2D eigenvalue weighted by Crippen LogP contribution is 2.31. The molecule has 37 heavy (non-hydrogen) atoms. The first-order valence-corrected chi connectivity index (χ1v) is 12.9. The SMILES string of the molecule is C=C/C(=C\N=C(C)C1CC1)c1ccnc(ONc2cccc(C3NN=CN3[C@@H](C)C3=CC=CCC3)c2)c1. The number of anilines is 1. The molecule has 7 nitrogen and oxygen atoms in total. The summed E-state index contributed by atoms with van der Waals surface area (Å²) in [6, 6.07) is 12.2. The third kappa shape index (κ3) is 6.00. The standard InChI is InChI=1S/C30H34N6O/c1-4-23(19-32-21(2)24-13-14-24)26-15-16-31-29(18-26)37-35-28-12-8-11-27(17-28)30-34-33-20-36(30)22(3)25-9-6-5-7-10-25/h4-6,8-9,11-12,15-20,22,24,30,34-35H,1,7,10,13-14H2,2-3H3/b23-19+,32-21?/t22-,30?/m0/s1. The van der Waals surface area contributed by atoms with Crippen LogP contribution < -0.4 is 15.7 Å². The third-order valence-electron chi connectivity index (χ3n) is 7.06. The van der Waals surface area contributed by atoms with E-state index in [9.17, 15) is 0 Å². The zero-order valence-electron chi connectivity index (χ0n) is 21.5. The van der Waals surface area contributed by atoms with Gasteiger partial charge in [-0.1, -0.05) is 43.0 Å². The smallest absolute Gasteiger partial charge is 0.246 e. The molecule has 7 heteroatoms. The highest BCUT2D eigenvalue weighted by molar-refractivity contribution is 5.88. The summed E-state index contributed by atoms with van der Waals surface area (Å²) in [5.41, 5.74) is 12.7. The number of aromatic nitrogens is 1. The summed E-state index contributed by atoms with van der Waals surface area (Å²) in [6.45, 7) is 8.27. The number of hydrazone groups is 1. The van der Waals surface area contributed by atoms with Gasteiger partial charge in [0.25, 0.3) is 0 Å². The molecule has 0 bridgehead atoms. The van der Waals surface area contributed by atoms with E-state index in [1.807, 2.05) is 42.9 Å². The van der Waals surface area contributed by atoms with Crippen LogP contribution in [0, 0.1) is 5.92 Å². The van der Waals surface area contributed by atoms with Gasteiger partial charge < -0.3 is 9.74 Å². The molecule has 1 aromatic carbocycles. The number of nitrogens with zero attached hydrogens (tertiary/aromatic N) is 4. The van der Waals surface area contributed by atoms with Gasteiger partial charge in [-0.15, -0.1) is 0 Å². The molecule has 1 unspecified atom stereocenters. The first-order valence-electron chi connectivity index (χ1n) is 12.9. The van der Waals surface area contributed by atoms with Gasteiger partial charge in [0.05, 0.1) is 11.7 Å². The highest BCUT2D eigenvalue weighted by atomic mass is 16.7. The lowest BCUT2D eigenvalue weighted by atomic mass is 9.97. The average molecular weight is 495 g/mol. The molecule has 2 N–H and O–H groups in total. The molecule has 2 heterocycles. The van der Waals surface area contributed by atoms with Crippen LogP contribution in [0.1, 0.15) is 56.8 Å². The maximum absolute atomic E-state index is 5.85. The molecule has 5 rings (SSSR count). The van der Waals surface area contributed by atoms with Gasteiger partial charge in [-0.05, 0) is 85.9 Å². The number of nitrogens with one attached hydrogen (secondary N) is 2. The van der Waals surface area contributed by atoms with E-state index in [1.165, 1.54) is 24.1 Å². The zero-order chi connectivity index (χ0) is 25.6. The van der Waals surface area contributed by atoms with Crippen molar-refractivity contribution >= 4 is 23.3 Å². The minimum Gasteiger partial charge on any atom is -0.362 e. The Morgan fingerprint density at radius 2 is 2.19 bits per heavy atom. The minimum absolute atomic E-state index is 0.0510. The predicted molar refractivity (Wildman–Crippen MR) is 151 cm³/mol. The van der Waals surface area contributed by atoms with E-state index in [1.54, 1.807) is 6.20 Å². The Bertz CT molecular complexity index is 1290. The predicted octanol–water partition coefficient (Wildman–Crippen LogP) is 6.40. The summed E-state index contributed by atoms with van der Waals surface area (Å²) in [5, 5.41) is 4.36. The fourth-order valence-corrected chi connectivity index (χ4v) is 4.59. The Labute approximate surface area is 219 Å². The average Bonchev–Trinajstić information content (AvgIpc) is 3.69. The molecule has 1 saturated carbocycles. The lowest BCUT2D eigenvalue weighted by Crippen LogP contribution is -2.37. The first kappa shape index (κ1) is 24.6. The monoisotopic (exact) mass is 494 g/mol. The van der Waals surface area contributed by atoms with Gasteiger partial charge in [0.1, 0.15) is 12.5 Å². The van der Waals surface area contributed by atoms with Crippen molar-refractivity contribution in [1.82, 2.24) is 15.3 Å². The van der Waals surface area contributed by atoms with Crippen molar-refractivity contribution in [1.29, 1.82) is 0 Å². The van der Waals surface area contributed by atoms with E-state index >= 15 is 0 Å². The van der Waals surface area contributed by atoms with E-state index in [4.69, 9.17) is 4.84 Å². The summed E-state index contributed by atoms with van der Waals surface area (Å²) >= 11 is 0. The molecule has 0 radical (unpaired) electrons. The number of rotatable bonds is 10. The maximum atomic E-state index is 5.85. The number of pyridine rings is 1. The van der Waals surface area contributed by atoms with Gasteiger partial charge in [0.15, 0.2) is 0 Å². The van der Waals surface area contributed by atoms with E-state index < -0.39 is 0 Å². The van der Waals surface area contributed by atoms with Crippen LogP contribution >= 0.6 is 0 Å². The van der Waals surface area contributed by atoms with E-state index in [-0.39, 0.29) is 12.2 Å². The maximum Gasteiger partial charge on any atom is 0.246 e. The number of hydrogen-bond acceptors (Lipinski definition) is 7. The van der Waals surface area contributed by atoms with Crippen LogP contribution in [0.3, 0.4) is 0 Å². The molecule has 190 valence electrons. The van der Waals surface area contributed by atoms with Crippen LogP contribution in [0.25, 0.3) is 5.57 Å². The van der Waals surface area contributed by atoms with Crippen LogP contribution in [0.15, 0.2) is 95.3 Å². The molecule has 0 saturated heterocycles. The van der Waals surface area contributed by atoms with Gasteiger partial charge >= 0.3 is 0 Å². The number of benzene rings is 1. The van der Waals surface area contributed by atoms with Crippen LogP contribution in [0.4, 0.5) is 5.69 Å². The zero-order valence-corrected chi connectivity index (χ0v) is 21.5. The summed E-state index contributed by atoms with van der Waals surface area (Å²) in [7, 11) is 0. The van der Waals surface area contributed by atoms with Crippen molar-refractivity contribution in [3.8, 4) is 5.88 Å². The molecular formula is C30H34N6O. The summed E-state index contributed by atoms with van der Waals surface area (Å²) in [6.07, 6.45) is 18.5. The highest BCUT2D eigenvalue weighted by Gasteiger charge is 2.28. The lowest BCUT2D eigenvalue weighted by Gasteiger charge is -2.32. The van der Waals surface area contributed by atoms with Crippen molar-refractivity contribution in [2.24, 2.45) is 16.0 Å². The molecule has 0 spiro atoms. The number of hydrogen-bond donors (Lipinski definition) is 2. The third-order valence-corrected chi connectivity index (χ3v) is 7.06. The van der Waals surface area contributed by atoms with Crippen LogP contribution in [0.5, 0.6) is 5.88 Å². The molecule has 1 aromatic heterocycles. The second kappa shape index (κ2) is 11.3. The molecule has 3 aliphatic rings. The number of allylic oxidation sites excluding steroid dienone is 5. The van der Waals surface area contributed by atoms with E-state index in [0.717, 1.165) is 35.2 Å². The Morgan fingerprint density at radius 1 is 1.30 bits per heavy atom. The lowest BCUT2D eigenvalue weighted by molar-refractivity contribution is 0.271. The molecule has 0 amide bonds. The van der Waals surface area contributed by atoms with Crippen LogP contribution in [-0.2, 0) is 0 Å². The Balaban J connectivity index is 1.26. The second-order valence-corrected chi connectivity index (χ2v) is 9.65. The van der Waals surface area contributed by atoms with Crippen LogP contribution in [0.2, 0.25) is 0 Å². The Kier molecular flexibility index (Phi) is 7.49. The summed E-state index contributed by atoms with van der Waals surface area (Å²) in [5.74, 6) is 1.11. The Hall–Kier alpha value is -4.13. The van der Waals surface area contributed by atoms with Crippen molar-refractivity contribution in [2.75, 3.05) is 5.48 Å². The van der Waals surface area contributed by atoms with Crippen molar-refractivity contribution in [2.45, 2.75) is 51.7 Å². The van der Waals surface area contributed by atoms with Gasteiger partial charge in [0.2, 0.25) is 5.88 Å².